The maximum atomic E-state index is 14.0. The summed E-state index contributed by atoms with van der Waals surface area (Å²) in [6.07, 6.45) is 1.22. The minimum absolute atomic E-state index is 0.157. The van der Waals surface area contributed by atoms with E-state index in [1.165, 1.54) is 0 Å². The molecule has 1 atom stereocenters. The van der Waals surface area contributed by atoms with Crippen LogP contribution in [0, 0.1) is 13.8 Å². The molecule has 0 spiro atoms. The van der Waals surface area contributed by atoms with E-state index in [0.29, 0.717) is 39.1 Å². The summed E-state index contributed by atoms with van der Waals surface area (Å²) >= 11 is 0. The van der Waals surface area contributed by atoms with E-state index in [-0.39, 0.29) is 12.6 Å². The summed E-state index contributed by atoms with van der Waals surface area (Å²) in [6.45, 7) is 7.91. The van der Waals surface area contributed by atoms with Crippen molar-refractivity contribution in [1.29, 1.82) is 0 Å². The lowest BCUT2D eigenvalue weighted by Gasteiger charge is -2.35. The van der Waals surface area contributed by atoms with Crippen LogP contribution in [0.15, 0.2) is 0 Å². The number of carbonyl (C=O) groups is 1. The number of amides is 2. The second-order valence-electron chi connectivity index (χ2n) is 6.46. The highest BCUT2D eigenvalue weighted by Crippen LogP contribution is 2.24. The molecule has 23 heavy (non-hydrogen) atoms. The average Bonchev–Trinajstić information content (AvgIpc) is 2.76. The SMILES string of the molecule is COCCn1nc(C)c(CNC(=O)N2CCCC(C)(F)C2)c1C. The van der Waals surface area contributed by atoms with Crippen molar-refractivity contribution in [3.63, 3.8) is 0 Å². The first-order valence-electron chi connectivity index (χ1n) is 8.07. The molecule has 1 saturated heterocycles. The number of nitrogens with zero attached hydrogens (tertiary/aromatic N) is 3. The molecule has 2 rings (SSSR count). The molecule has 1 aliphatic rings. The Balaban J connectivity index is 1.95. The van der Waals surface area contributed by atoms with Crippen LogP contribution in [0.1, 0.15) is 36.7 Å². The lowest BCUT2D eigenvalue weighted by molar-refractivity contribution is 0.0763. The van der Waals surface area contributed by atoms with Gasteiger partial charge in [0.05, 0.1) is 25.4 Å². The van der Waals surface area contributed by atoms with Crippen molar-refractivity contribution in [2.24, 2.45) is 0 Å². The highest BCUT2D eigenvalue weighted by molar-refractivity contribution is 5.74. The first-order chi connectivity index (χ1) is 10.8. The van der Waals surface area contributed by atoms with Crippen molar-refractivity contribution in [2.45, 2.75) is 52.4 Å². The zero-order chi connectivity index (χ0) is 17.0. The molecule has 0 bridgehead atoms. The van der Waals surface area contributed by atoms with Crippen LogP contribution in [0.5, 0.6) is 0 Å². The lowest BCUT2D eigenvalue weighted by Crippen LogP contribution is -2.50. The van der Waals surface area contributed by atoms with Crippen LogP contribution in [0.3, 0.4) is 0 Å². The summed E-state index contributed by atoms with van der Waals surface area (Å²) in [5.74, 6) is 0. The third-order valence-electron chi connectivity index (χ3n) is 4.39. The van der Waals surface area contributed by atoms with E-state index in [9.17, 15) is 9.18 Å². The van der Waals surface area contributed by atoms with Gasteiger partial charge in [-0.15, -0.1) is 0 Å². The fraction of sp³-hybridized carbons (Fsp3) is 0.750. The normalized spacial score (nSPS) is 21.5. The van der Waals surface area contributed by atoms with Gasteiger partial charge >= 0.3 is 6.03 Å². The number of aryl methyl sites for hydroxylation is 1. The van der Waals surface area contributed by atoms with Crippen molar-refractivity contribution < 1.29 is 13.9 Å². The number of aromatic nitrogens is 2. The number of likely N-dealkylation sites (tertiary alicyclic amines) is 1. The van der Waals surface area contributed by atoms with Gasteiger partial charge in [0.2, 0.25) is 0 Å². The number of ether oxygens (including phenoxy) is 1. The van der Waals surface area contributed by atoms with Crippen molar-refractivity contribution in [3.8, 4) is 0 Å². The van der Waals surface area contributed by atoms with Crippen LogP contribution < -0.4 is 5.32 Å². The quantitative estimate of drug-likeness (QED) is 0.902. The van der Waals surface area contributed by atoms with Crippen LogP contribution in [0.4, 0.5) is 9.18 Å². The number of alkyl halides is 1. The van der Waals surface area contributed by atoms with Crippen LogP contribution in [-0.4, -0.2) is 53.2 Å². The van der Waals surface area contributed by atoms with Gasteiger partial charge in [-0.25, -0.2) is 9.18 Å². The molecule has 2 heterocycles. The van der Waals surface area contributed by atoms with Gasteiger partial charge in [-0.3, -0.25) is 4.68 Å². The zero-order valence-corrected chi connectivity index (χ0v) is 14.5. The second-order valence-corrected chi connectivity index (χ2v) is 6.46. The van der Waals surface area contributed by atoms with E-state index < -0.39 is 5.67 Å². The molecule has 0 aromatic carbocycles. The number of piperidine rings is 1. The van der Waals surface area contributed by atoms with E-state index in [1.54, 1.807) is 18.9 Å². The van der Waals surface area contributed by atoms with Crippen molar-refractivity contribution in [3.05, 3.63) is 17.0 Å². The molecule has 0 radical (unpaired) electrons. The number of halogens is 1. The molecule has 0 saturated carbocycles. The van der Waals surface area contributed by atoms with Gasteiger partial charge in [-0.05, 0) is 33.6 Å². The van der Waals surface area contributed by atoms with Gasteiger partial charge in [-0.1, -0.05) is 0 Å². The largest absolute Gasteiger partial charge is 0.383 e. The standard InChI is InChI=1S/C16H27FN4O2/c1-12-14(13(2)21(19-12)8-9-23-4)10-18-15(22)20-7-5-6-16(3,17)11-20/h5-11H2,1-4H3,(H,18,22). The summed E-state index contributed by atoms with van der Waals surface area (Å²) < 4.78 is 21.0. The van der Waals surface area contributed by atoms with Crippen molar-refractivity contribution >= 4 is 6.03 Å². The van der Waals surface area contributed by atoms with E-state index in [4.69, 9.17) is 4.74 Å². The Kier molecular flexibility index (Phi) is 5.62. The van der Waals surface area contributed by atoms with Crippen LogP contribution >= 0.6 is 0 Å². The molecule has 1 N–H and O–H groups in total. The van der Waals surface area contributed by atoms with E-state index in [1.807, 2.05) is 18.5 Å². The zero-order valence-electron chi connectivity index (χ0n) is 14.5. The average molecular weight is 326 g/mol. The highest BCUT2D eigenvalue weighted by Gasteiger charge is 2.32. The Morgan fingerprint density at radius 1 is 1.48 bits per heavy atom. The topological polar surface area (TPSA) is 59.4 Å². The molecule has 1 aromatic rings. The van der Waals surface area contributed by atoms with Gasteiger partial charge in [0.25, 0.3) is 0 Å². The minimum atomic E-state index is -1.29. The molecular weight excluding hydrogens is 299 g/mol. The highest BCUT2D eigenvalue weighted by atomic mass is 19.1. The molecule has 2 amide bonds. The summed E-state index contributed by atoms with van der Waals surface area (Å²) in [4.78, 5) is 13.8. The van der Waals surface area contributed by atoms with Gasteiger partial charge < -0.3 is 15.0 Å². The third-order valence-corrected chi connectivity index (χ3v) is 4.39. The number of hydrogen-bond donors (Lipinski definition) is 1. The molecule has 1 fully saturated rings. The molecule has 1 unspecified atom stereocenters. The summed E-state index contributed by atoms with van der Waals surface area (Å²) in [5, 5.41) is 7.37. The number of nitrogens with one attached hydrogen (secondary N) is 1. The second kappa shape index (κ2) is 7.29. The Morgan fingerprint density at radius 2 is 2.22 bits per heavy atom. The Bertz CT molecular complexity index is 557. The maximum absolute atomic E-state index is 14.0. The summed E-state index contributed by atoms with van der Waals surface area (Å²) in [5.41, 5.74) is 1.64. The Labute approximate surface area is 137 Å². The van der Waals surface area contributed by atoms with Gasteiger partial charge in [-0.2, -0.15) is 5.10 Å². The molecule has 7 heteroatoms. The predicted octanol–water partition coefficient (Wildman–Crippen LogP) is 2.18. The van der Waals surface area contributed by atoms with E-state index >= 15 is 0 Å². The molecule has 1 aromatic heterocycles. The Morgan fingerprint density at radius 3 is 2.87 bits per heavy atom. The summed E-state index contributed by atoms with van der Waals surface area (Å²) in [7, 11) is 1.66. The number of methoxy groups -OCH3 is 1. The molecule has 1 aliphatic heterocycles. The van der Waals surface area contributed by atoms with E-state index in [2.05, 4.69) is 10.4 Å². The van der Waals surface area contributed by atoms with Gasteiger partial charge in [0, 0.05) is 31.5 Å². The summed E-state index contributed by atoms with van der Waals surface area (Å²) in [6, 6.07) is -0.211. The number of carbonyl (C=O) groups excluding carboxylic acids is 1. The van der Waals surface area contributed by atoms with Crippen LogP contribution in [0.2, 0.25) is 0 Å². The van der Waals surface area contributed by atoms with Gasteiger partial charge in [0.1, 0.15) is 5.67 Å². The van der Waals surface area contributed by atoms with E-state index in [0.717, 1.165) is 17.0 Å². The van der Waals surface area contributed by atoms with Crippen molar-refractivity contribution in [1.82, 2.24) is 20.0 Å². The molecular formula is C16H27FN4O2. The fourth-order valence-corrected chi connectivity index (χ4v) is 3.03. The van der Waals surface area contributed by atoms with Gasteiger partial charge in [0.15, 0.2) is 0 Å². The fourth-order valence-electron chi connectivity index (χ4n) is 3.03. The van der Waals surface area contributed by atoms with Crippen LogP contribution in [0.25, 0.3) is 0 Å². The smallest absolute Gasteiger partial charge is 0.317 e. The first kappa shape index (κ1) is 17.7. The maximum Gasteiger partial charge on any atom is 0.317 e. The van der Waals surface area contributed by atoms with Crippen molar-refractivity contribution in [2.75, 3.05) is 26.8 Å². The molecule has 0 aliphatic carbocycles. The molecule has 130 valence electrons. The number of rotatable bonds is 5. The number of hydrogen-bond acceptors (Lipinski definition) is 3. The first-order valence-corrected chi connectivity index (χ1v) is 8.07. The Hall–Kier alpha value is -1.63. The molecule has 6 nitrogen and oxygen atoms in total. The third kappa shape index (κ3) is 4.43. The number of urea groups is 1. The van der Waals surface area contributed by atoms with Crippen LogP contribution in [-0.2, 0) is 17.8 Å². The predicted molar refractivity (Wildman–Crippen MR) is 86.1 cm³/mol. The lowest BCUT2D eigenvalue weighted by atomic mass is 9.97. The monoisotopic (exact) mass is 326 g/mol. The minimum Gasteiger partial charge on any atom is -0.383 e.